The van der Waals surface area contributed by atoms with Crippen molar-refractivity contribution in [3.05, 3.63) is 40.3 Å². The molecule has 0 saturated heterocycles. The number of methoxy groups -OCH3 is 1. The Bertz CT molecular complexity index is 548. The molecule has 1 aromatic rings. The second-order valence-electron chi connectivity index (χ2n) is 6.12. The molecule has 4 nitrogen and oxygen atoms in total. The van der Waals surface area contributed by atoms with Crippen molar-refractivity contribution in [1.82, 2.24) is 4.57 Å². The second-order valence-corrected chi connectivity index (χ2v) is 6.12. The van der Waals surface area contributed by atoms with E-state index in [0.717, 1.165) is 12.2 Å². The van der Waals surface area contributed by atoms with Gasteiger partial charge in [0.05, 0.1) is 12.3 Å². The number of hydrogen-bond donors (Lipinski definition) is 1. The van der Waals surface area contributed by atoms with Crippen LogP contribution in [0.1, 0.15) is 26.7 Å². The van der Waals surface area contributed by atoms with Crippen molar-refractivity contribution < 1.29 is 4.74 Å². The molecule has 0 aromatic carbocycles. The average Bonchev–Trinajstić information content (AvgIpc) is 2.44. The van der Waals surface area contributed by atoms with Crippen LogP contribution in [-0.2, 0) is 11.3 Å². The summed E-state index contributed by atoms with van der Waals surface area (Å²) < 4.78 is 6.73. The number of allylic oxidation sites excluding steroid dienone is 2. The van der Waals surface area contributed by atoms with E-state index >= 15 is 0 Å². The Balaban J connectivity index is 1.94. The second kappa shape index (κ2) is 7.46. The van der Waals surface area contributed by atoms with Crippen LogP contribution in [0.3, 0.4) is 0 Å². The van der Waals surface area contributed by atoms with Gasteiger partial charge >= 0.3 is 0 Å². The molecule has 1 aliphatic carbocycles. The van der Waals surface area contributed by atoms with Crippen LogP contribution >= 0.6 is 0 Å². The third-order valence-corrected chi connectivity index (χ3v) is 4.00. The van der Waals surface area contributed by atoms with Crippen molar-refractivity contribution in [3.8, 4) is 0 Å². The zero-order chi connectivity index (χ0) is 15.2. The van der Waals surface area contributed by atoms with Crippen molar-refractivity contribution >= 4 is 5.69 Å². The van der Waals surface area contributed by atoms with Gasteiger partial charge in [0.1, 0.15) is 0 Å². The lowest BCUT2D eigenvalue weighted by atomic mass is 9.84. The Morgan fingerprint density at radius 1 is 1.43 bits per heavy atom. The summed E-state index contributed by atoms with van der Waals surface area (Å²) >= 11 is 0. The summed E-state index contributed by atoms with van der Waals surface area (Å²) in [6.45, 7) is 6.59. The molecule has 1 aromatic heterocycles. The summed E-state index contributed by atoms with van der Waals surface area (Å²) in [4.78, 5) is 11.7. The molecular weight excluding hydrogens is 264 g/mol. The summed E-state index contributed by atoms with van der Waals surface area (Å²) in [7, 11) is 1.65. The maximum Gasteiger partial charge on any atom is 0.250 e. The molecule has 0 saturated carbocycles. The van der Waals surface area contributed by atoms with Crippen LogP contribution in [0.5, 0.6) is 0 Å². The van der Waals surface area contributed by atoms with Crippen LogP contribution in [0.2, 0.25) is 0 Å². The minimum Gasteiger partial charge on any atom is -0.384 e. The van der Waals surface area contributed by atoms with E-state index in [1.807, 2.05) is 12.3 Å². The van der Waals surface area contributed by atoms with Gasteiger partial charge < -0.3 is 14.6 Å². The van der Waals surface area contributed by atoms with Gasteiger partial charge in [-0.1, -0.05) is 18.6 Å². The predicted molar refractivity (Wildman–Crippen MR) is 86.7 cm³/mol. The topological polar surface area (TPSA) is 43.3 Å². The normalized spacial score (nSPS) is 22.0. The molecule has 2 atom stereocenters. The number of hydrogen-bond acceptors (Lipinski definition) is 3. The van der Waals surface area contributed by atoms with E-state index in [1.165, 1.54) is 18.4 Å². The van der Waals surface area contributed by atoms with Crippen molar-refractivity contribution in [2.24, 2.45) is 11.8 Å². The van der Waals surface area contributed by atoms with Crippen LogP contribution in [0.25, 0.3) is 0 Å². The fourth-order valence-corrected chi connectivity index (χ4v) is 3.10. The van der Waals surface area contributed by atoms with E-state index in [1.54, 1.807) is 17.7 Å². The number of pyridine rings is 1. The average molecular weight is 290 g/mol. The molecule has 2 rings (SSSR count). The van der Waals surface area contributed by atoms with Gasteiger partial charge in [-0.2, -0.15) is 0 Å². The van der Waals surface area contributed by atoms with Crippen molar-refractivity contribution in [1.29, 1.82) is 0 Å². The fraction of sp³-hybridized carbons (Fsp3) is 0.588. The Hall–Kier alpha value is -1.55. The fourth-order valence-electron chi connectivity index (χ4n) is 3.10. The van der Waals surface area contributed by atoms with Crippen molar-refractivity contribution in [3.63, 3.8) is 0 Å². The minimum atomic E-state index is 0.0164. The maximum absolute atomic E-state index is 11.7. The lowest BCUT2D eigenvalue weighted by molar-refractivity contribution is 0.186. The third kappa shape index (κ3) is 4.74. The highest BCUT2D eigenvalue weighted by Crippen LogP contribution is 2.27. The van der Waals surface area contributed by atoms with Crippen LogP contribution in [0.4, 0.5) is 5.69 Å². The van der Waals surface area contributed by atoms with Crippen molar-refractivity contribution in [2.45, 2.75) is 33.2 Å². The van der Waals surface area contributed by atoms with Crippen LogP contribution in [0.15, 0.2) is 34.8 Å². The first-order valence-corrected chi connectivity index (χ1v) is 7.69. The molecule has 0 radical (unpaired) electrons. The third-order valence-electron chi connectivity index (χ3n) is 4.00. The molecule has 0 aliphatic heterocycles. The molecule has 0 bridgehead atoms. The number of aromatic nitrogens is 1. The maximum atomic E-state index is 11.7. The molecule has 116 valence electrons. The number of nitrogens with one attached hydrogen (secondary N) is 1. The summed E-state index contributed by atoms with van der Waals surface area (Å²) in [6.07, 6.45) is 6.66. The lowest BCUT2D eigenvalue weighted by Gasteiger charge is -2.26. The summed E-state index contributed by atoms with van der Waals surface area (Å²) in [5, 5.41) is 3.47. The Morgan fingerprint density at radius 2 is 2.24 bits per heavy atom. The lowest BCUT2D eigenvalue weighted by Crippen LogP contribution is -2.23. The Kier molecular flexibility index (Phi) is 5.62. The standard InChI is InChI=1S/C17H26N2O2/c1-13-8-14(2)10-15(9-13)11-18-16-4-5-17(20)19(12-16)6-7-21-3/h4-5,8,12-13,15,18H,6-7,9-11H2,1-3H3. The van der Waals surface area contributed by atoms with E-state index in [4.69, 9.17) is 4.74 Å². The monoisotopic (exact) mass is 290 g/mol. The highest BCUT2D eigenvalue weighted by Gasteiger charge is 2.17. The molecule has 0 amide bonds. The molecule has 1 heterocycles. The van der Waals surface area contributed by atoms with Gasteiger partial charge in [-0.25, -0.2) is 0 Å². The number of rotatable bonds is 6. The van der Waals surface area contributed by atoms with Gasteiger partial charge in [0.25, 0.3) is 5.56 Å². The summed E-state index contributed by atoms with van der Waals surface area (Å²) in [5.74, 6) is 1.34. The number of nitrogens with zero attached hydrogens (tertiary/aromatic N) is 1. The molecule has 1 N–H and O–H groups in total. The van der Waals surface area contributed by atoms with Gasteiger partial charge in [-0.15, -0.1) is 0 Å². The SMILES string of the molecule is COCCn1cc(NCC2CC(C)=CC(C)C2)ccc1=O. The van der Waals surface area contributed by atoms with E-state index in [-0.39, 0.29) is 5.56 Å². The summed E-state index contributed by atoms with van der Waals surface area (Å²) in [6, 6.07) is 3.48. The van der Waals surface area contributed by atoms with E-state index in [0.29, 0.717) is 25.0 Å². The van der Waals surface area contributed by atoms with Gasteiger partial charge in [0.15, 0.2) is 0 Å². The first-order chi connectivity index (χ1) is 10.1. The van der Waals surface area contributed by atoms with Gasteiger partial charge in [0, 0.05) is 32.5 Å². The van der Waals surface area contributed by atoms with Gasteiger partial charge in [0.2, 0.25) is 0 Å². The Morgan fingerprint density at radius 3 is 2.95 bits per heavy atom. The molecule has 1 aliphatic rings. The van der Waals surface area contributed by atoms with Crippen LogP contribution in [0, 0.1) is 11.8 Å². The molecule has 4 heteroatoms. The molecule has 0 fully saturated rings. The van der Waals surface area contributed by atoms with E-state index < -0.39 is 0 Å². The Labute approximate surface area is 126 Å². The first-order valence-electron chi connectivity index (χ1n) is 7.69. The zero-order valence-corrected chi connectivity index (χ0v) is 13.3. The molecule has 0 spiro atoms. The van der Waals surface area contributed by atoms with Crippen LogP contribution < -0.4 is 10.9 Å². The summed E-state index contributed by atoms with van der Waals surface area (Å²) in [5.41, 5.74) is 2.51. The molecular formula is C17H26N2O2. The first kappa shape index (κ1) is 15.8. The predicted octanol–water partition coefficient (Wildman–Crippen LogP) is 2.90. The quantitative estimate of drug-likeness (QED) is 0.819. The van der Waals surface area contributed by atoms with Gasteiger partial charge in [-0.05, 0) is 37.7 Å². The van der Waals surface area contributed by atoms with E-state index in [9.17, 15) is 4.79 Å². The highest BCUT2D eigenvalue weighted by molar-refractivity contribution is 5.40. The number of anilines is 1. The molecule has 2 unspecified atom stereocenters. The van der Waals surface area contributed by atoms with Gasteiger partial charge in [-0.3, -0.25) is 4.79 Å². The highest BCUT2D eigenvalue weighted by atomic mass is 16.5. The van der Waals surface area contributed by atoms with E-state index in [2.05, 4.69) is 25.2 Å². The largest absolute Gasteiger partial charge is 0.384 e. The molecule has 21 heavy (non-hydrogen) atoms. The smallest absolute Gasteiger partial charge is 0.250 e. The van der Waals surface area contributed by atoms with Crippen molar-refractivity contribution in [2.75, 3.05) is 25.6 Å². The minimum absolute atomic E-state index is 0.0164. The van der Waals surface area contributed by atoms with Crippen LogP contribution in [-0.4, -0.2) is 24.8 Å². The zero-order valence-electron chi connectivity index (χ0n) is 13.3. The number of ether oxygens (including phenoxy) is 1.